The number of aliphatic imine (C=N–C) groups is 1. The summed E-state index contributed by atoms with van der Waals surface area (Å²) in [6.45, 7) is 5.73. The lowest BCUT2D eigenvalue weighted by molar-refractivity contribution is 0.0657. The summed E-state index contributed by atoms with van der Waals surface area (Å²) in [6.07, 6.45) is 1.52. The smallest absolute Gasteiger partial charge is 0.289 e. The minimum atomic E-state index is -0.0793. The van der Waals surface area contributed by atoms with E-state index in [9.17, 15) is 4.79 Å². The van der Waals surface area contributed by atoms with E-state index in [1.165, 1.54) is 6.26 Å². The van der Waals surface area contributed by atoms with Crippen LogP contribution in [0.1, 0.15) is 23.3 Å². The summed E-state index contributed by atoms with van der Waals surface area (Å²) in [6, 6.07) is 11.0. The second-order valence-corrected chi connectivity index (χ2v) is 7.26. The topological polar surface area (TPSA) is 112 Å². The van der Waals surface area contributed by atoms with E-state index < -0.39 is 0 Å². The molecule has 1 aliphatic heterocycles. The van der Waals surface area contributed by atoms with E-state index in [1.807, 2.05) is 31.2 Å². The van der Waals surface area contributed by atoms with Gasteiger partial charge in [0.25, 0.3) is 5.91 Å². The molecule has 3 heterocycles. The van der Waals surface area contributed by atoms with Gasteiger partial charge in [0, 0.05) is 38.3 Å². The normalized spacial score (nSPS) is 14.1. The Labute approximate surface area is 209 Å². The number of amides is 1. The molecule has 0 aliphatic carbocycles. The fourth-order valence-corrected chi connectivity index (χ4v) is 3.49. The Morgan fingerprint density at radius 3 is 2.55 bits per heavy atom. The fourth-order valence-electron chi connectivity index (χ4n) is 3.49. The van der Waals surface area contributed by atoms with Crippen LogP contribution in [0.2, 0.25) is 0 Å². The molecule has 4 rings (SSSR count). The van der Waals surface area contributed by atoms with Crippen LogP contribution >= 0.6 is 24.0 Å². The number of aromatic amines is 1. The highest BCUT2D eigenvalue weighted by Crippen LogP contribution is 2.19. The van der Waals surface area contributed by atoms with Crippen LogP contribution in [0.4, 0.5) is 0 Å². The van der Waals surface area contributed by atoms with Gasteiger partial charge in [0.15, 0.2) is 17.5 Å². The highest BCUT2D eigenvalue weighted by molar-refractivity contribution is 14.0. The minimum Gasteiger partial charge on any atom is -0.497 e. The molecule has 1 fully saturated rings. The molecule has 11 heteroatoms. The number of carbonyl (C=O) groups is 1. The van der Waals surface area contributed by atoms with Crippen LogP contribution in [0.3, 0.4) is 0 Å². The van der Waals surface area contributed by atoms with Crippen molar-refractivity contribution in [3.8, 4) is 17.1 Å². The number of guanidine groups is 1. The van der Waals surface area contributed by atoms with E-state index in [1.54, 1.807) is 24.1 Å². The fraction of sp³-hybridized carbons (Fsp3) is 0.364. The zero-order valence-electron chi connectivity index (χ0n) is 18.7. The van der Waals surface area contributed by atoms with Crippen molar-refractivity contribution in [2.75, 3.05) is 39.8 Å². The minimum absolute atomic E-state index is 0. The van der Waals surface area contributed by atoms with Gasteiger partial charge in [0.2, 0.25) is 0 Å². The number of benzene rings is 1. The highest BCUT2D eigenvalue weighted by Gasteiger charge is 2.25. The van der Waals surface area contributed by atoms with E-state index in [2.05, 4.69) is 25.4 Å². The highest BCUT2D eigenvalue weighted by atomic mass is 127. The summed E-state index contributed by atoms with van der Waals surface area (Å²) >= 11 is 0. The van der Waals surface area contributed by atoms with Gasteiger partial charge in [-0.15, -0.1) is 24.0 Å². The third-order valence-corrected chi connectivity index (χ3v) is 5.19. The molecule has 1 amide bonds. The first-order valence-electron chi connectivity index (χ1n) is 10.6. The quantitative estimate of drug-likeness (QED) is 0.269. The first-order chi connectivity index (χ1) is 15.7. The summed E-state index contributed by atoms with van der Waals surface area (Å²) in [5.41, 5.74) is 0.904. The zero-order chi connectivity index (χ0) is 22.3. The molecular weight excluding hydrogens is 537 g/mol. The van der Waals surface area contributed by atoms with Gasteiger partial charge in [-0.25, -0.2) is 9.98 Å². The predicted molar refractivity (Wildman–Crippen MR) is 135 cm³/mol. The average Bonchev–Trinajstić information content (AvgIpc) is 3.54. The van der Waals surface area contributed by atoms with E-state index in [4.69, 9.17) is 14.1 Å². The molecular formula is C22H28IN7O3. The molecule has 0 unspecified atom stereocenters. The monoisotopic (exact) mass is 565 g/mol. The summed E-state index contributed by atoms with van der Waals surface area (Å²) in [5, 5.41) is 10.6. The van der Waals surface area contributed by atoms with Gasteiger partial charge in [0.05, 0.1) is 13.4 Å². The molecule has 0 atom stereocenters. The maximum atomic E-state index is 12.5. The molecule has 2 N–H and O–H groups in total. The number of hydrogen-bond donors (Lipinski definition) is 2. The Balaban J connectivity index is 0.00000306. The lowest BCUT2D eigenvalue weighted by Crippen LogP contribution is -2.53. The van der Waals surface area contributed by atoms with Gasteiger partial charge in [0.1, 0.15) is 18.1 Å². The predicted octanol–water partition coefficient (Wildman–Crippen LogP) is 2.61. The van der Waals surface area contributed by atoms with Crippen LogP contribution in [0.5, 0.6) is 5.75 Å². The third-order valence-electron chi connectivity index (χ3n) is 5.19. The SMILES string of the molecule is CCNC(=NCc1nc(-c2ccc(OC)cc2)n[nH]1)N1CCN(C(=O)c2ccco2)CC1.I. The van der Waals surface area contributed by atoms with Crippen LogP contribution in [0, 0.1) is 0 Å². The van der Waals surface area contributed by atoms with Crippen molar-refractivity contribution >= 4 is 35.8 Å². The van der Waals surface area contributed by atoms with Crippen molar-refractivity contribution in [2.24, 2.45) is 4.99 Å². The summed E-state index contributed by atoms with van der Waals surface area (Å²) in [7, 11) is 1.64. The molecule has 10 nitrogen and oxygen atoms in total. The van der Waals surface area contributed by atoms with Gasteiger partial charge in [-0.2, -0.15) is 5.10 Å². The standard InChI is InChI=1S/C22H27N7O3.HI/c1-3-23-22(29-12-10-28(11-13-29)21(30)18-5-4-14-32-18)24-15-19-25-20(27-26-19)16-6-8-17(31-2)9-7-16;/h4-9,14H,3,10-13,15H2,1-2H3,(H,23,24)(H,25,26,27);1H. The second kappa shape index (κ2) is 11.7. The second-order valence-electron chi connectivity index (χ2n) is 7.26. The molecule has 2 aromatic heterocycles. The Morgan fingerprint density at radius 2 is 1.91 bits per heavy atom. The van der Waals surface area contributed by atoms with Gasteiger partial charge in [-0.1, -0.05) is 0 Å². The number of furan rings is 1. The van der Waals surface area contributed by atoms with Crippen molar-refractivity contribution in [1.29, 1.82) is 0 Å². The number of halogens is 1. The van der Waals surface area contributed by atoms with Crippen molar-refractivity contribution in [3.63, 3.8) is 0 Å². The van der Waals surface area contributed by atoms with Gasteiger partial charge in [-0.05, 0) is 43.3 Å². The Hall–Kier alpha value is -3.09. The number of hydrogen-bond acceptors (Lipinski definition) is 6. The Kier molecular flexibility index (Phi) is 8.69. The number of aromatic nitrogens is 3. The summed E-state index contributed by atoms with van der Waals surface area (Å²) in [4.78, 5) is 25.7. The van der Waals surface area contributed by atoms with E-state index in [0.717, 1.165) is 23.8 Å². The number of ether oxygens (including phenoxy) is 1. The number of nitrogens with zero attached hydrogens (tertiary/aromatic N) is 5. The molecule has 33 heavy (non-hydrogen) atoms. The molecule has 1 saturated heterocycles. The van der Waals surface area contributed by atoms with Crippen LogP contribution in [0.25, 0.3) is 11.4 Å². The molecule has 3 aromatic rings. The summed E-state index contributed by atoms with van der Waals surface area (Å²) < 4.78 is 10.4. The van der Waals surface area contributed by atoms with Crippen LogP contribution in [0.15, 0.2) is 52.1 Å². The zero-order valence-corrected chi connectivity index (χ0v) is 21.0. The van der Waals surface area contributed by atoms with Crippen molar-refractivity contribution < 1.29 is 13.9 Å². The maximum Gasteiger partial charge on any atom is 0.289 e. The molecule has 1 aliphatic rings. The van der Waals surface area contributed by atoms with Gasteiger partial charge in [-0.3, -0.25) is 9.89 Å². The summed E-state index contributed by atoms with van der Waals surface area (Å²) in [5.74, 6) is 3.17. The number of H-pyrrole nitrogens is 1. The van der Waals surface area contributed by atoms with Crippen LogP contribution < -0.4 is 10.1 Å². The first kappa shape index (κ1) is 24.6. The molecule has 0 bridgehead atoms. The van der Waals surface area contributed by atoms with E-state index >= 15 is 0 Å². The van der Waals surface area contributed by atoms with Crippen molar-refractivity contribution in [1.82, 2.24) is 30.3 Å². The molecule has 176 valence electrons. The van der Waals surface area contributed by atoms with Crippen LogP contribution in [-0.2, 0) is 6.54 Å². The lowest BCUT2D eigenvalue weighted by Gasteiger charge is -2.36. The number of rotatable bonds is 6. The van der Waals surface area contributed by atoms with Crippen molar-refractivity contribution in [2.45, 2.75) is 13.5 Å². The number of piperazine rings is 1. The van der Waals surface area contributed by atoms with E-state index in [0.29, 0.717) is 50.1 Å². The largest absolute Gasteiger partial charge is 0.497 e. The average molecular weight is 565 g/mol. The molecule has 0 saturated carbocycles. The third kappa shape index (κ3) is 6.03. The number of nitrogens with one attached hydrogen (secondary N) is 2. The Morgan fingerprint density at radius 1 is 1.18 bits per heavy atom. The first-order valence-corrected chi connectivity index (χ1v) is 10.6. The van der Waals surface area contributed by atoms with Crippen LogP contribution in [-0.4, -0.2) is 76.7 Å². The van der Waals surface area contributed by atoms with Crippen molar-refractivity contribution in [3.05, 3.63) is 54.2 Å². The molecule has 1 aromatic carbocycles. The molecule has 0 radical (unpaired) electrons. The number of methoxy groups -OCH3 is 1. The van der Waals surface area contributed by atoms with Gasteiger partial charge < -0.3 is 24.3 Å². The van der Waals surface area contributed by atoms with Gasteiger partial charge >= 0.3 is 0 Å². The maximum absolute atomic E-state index is 12.5. The lowest BCUT2D eigenvalue weighted by atomic mass is 10.2. The molecule has 0 spiro atoms. The number of carbonyl (C=O) groups excluding carboxylic acids is 1. The Bertz CT molecular complexity index is 1040. The van der Waals surface area contributed by atoms with E-state index in [-0.39, 0.29) is 29.9 Å².